The van der Waals surface area contributed by atoms with Crippen LogP contribution in [0.4, 0.5) is 10.5 Å². The molecule has 1 saturated heterocycles. The van der Waals surface area contributed by atoms with Crippen LogP contribution in [0.25, 0.3) is 0 Å². The van der Waals surface area contributed by atoms with E-state index in [9.17, 15) is 33.9 Å². The van der Waals surface area contributed by atoms with Gasteiger partial charge in [0.1, 0.15) is 24.7 Å². The number of likely N-dealkylation sites (N-methyl/N-ethyl adjacent to an activating group) is 2. The van der Waals surface area contributed by atoms with Crippen molar-refractivity contribution in [2.45, 2.75) is 130 Å². The average molecular weight is 895 g/mol. The van der Waals surface area contributed by atoms with Gasteiger partial charge in [-0.2, -0.15) is 0 Å². The number of methoxy groups -OCH3 is 2. The van der Waals surface area contributed by atoms with Crippen molar-refractivity contribution in [3.8, 4) is 0 Å². The highest BCUT2D eigenvalue weighted by molar-refractivity contribution is 5.92. The minimum Gasteiger partial charge on any atom is -0.480 e. The number of likely N-dealkylation sites (tertiary alicyclic amines) is 1. The Morgan fingerprint density at radius 3 is 2.00 bits per heavy atom. The molecule has 0 radical (unpaired) electrons. The number of hydrogen-bond donors (Lipinski definition) is 4. The topological polar surface area (TPSA) is 196 Å². The first-order chi connectivity index (χ1) is 30.3. The third-order valence-electron chi connectivity index (χ3n) is 12.6. The monoisotopic (exact) mass is 895 g/mol. The first kappa shape index (κ1) is 53.1. The van der Waals surface area contributed by atoms with Crippen molar-refractivity contribution in [3.63, 3.8) is 0 Å². The van der Waals surface area contributed by atoms with Crippen LogP contribution in [0, 0.1) is 23.7 Å². The van der Waals surface area contributed by atoms with E-state index in [1.807, 2.05) is 91.1 Å². The summed E-state index contributed by atoms with van der Waals surface area (Å²) in [6.45, 7) is 13.4. The second kappa shape index (κ2) is 25.3. The summed E-state index contributed by atoms with van der Waals surface area (Å²) in [5.41, 5.74) is 2.47. The number of aliphatic carboxylic acids is 1. The molecule has 2 aromatic rings. The fourth-order valence-electron chi connectivity index (χ4n) is 8.68. The number of carboxylic acids is 1. The van der Waals surface area contributed by atoms with E-state index < -0.39 is 72.2 Å². The Balaban J connectivity index is 1.76. The van der Waals surface area contributed by atoms with Gasteiger partial charge in [0, 0.05) is 54.0 Å². The Bertz CT molecular complexity index is 1830. The first-order valence-electron chi connectivity index (χ1n) is 22.5. The Labute approximate surface area is 380 Å². The molecule has 1 fully saturated rings. The van der Waals surface area contributed by atoms with Crippen molar-refractivity contribution in [1.29, 1.82) is 0 Å². The third kappa shape index (κ3) is 14.1. The molecule has 1 aliphatic rings. The zero-order chi connectivity index (χ0) is 47.8. The summed E-state index contributed by atoms with van der Waals surface area (Å²) in [5, 5.41) is 18.6. The van der Waals surface area contributed by atoms with Crippen LogP contribution in [0.3, 0.4) is 0 Å². The number of carbonyl (C=O) groups excluding carboxylic acids is 5. The third-order valence-corrected chi connectivity index (χ3v) is 12.6. The average Bonchev–Trinajstić information content (AvgIpc) is 3.76. The molecule has 356 valence electrons. The van der Waals surface area contributed by atoms with Gasteiger partial charge in [-0.3, -0.25) is 24.1 Å². The van der Waals surface area contributed by atoms with Gasteiger partial charge in [0.15, 0.2) is 0 Å². The Morgan fingerprint density at radius 1 is 0.828 bits per heavy atom. The number of carbonyl (C=O) groups is 6. The van der Waals surface area contributed by atoms with Crippen molar-refractivity contribution in [2.75, 3.05) is 47.2 Å². The van der Waals surface area contributed by atoms with Crippen LogP contribution >= 0.6 is 0 Å². The lowest BCUT2D eigenvalue weighted by molar-refractivity contribution is -0.148. The van der Waals surface area contributed by atoms with Crippen LogP contribution < -0.4 is 16.0 Å². The number of amides is 5. The number of hydrogen-bond acceptors (Lipinski definition) is 10. The molecule has 9 atom stereocenters. The van der Waals surface area contributed by atoms with Crippen LogP contribution in [-0.4, -0.2) is 140 Å². The number of ether oxygens (including phenoxy) is 3. The van der Waals surface area contributed by atoms with Gasteiger partial charge in [-0.25, -0.2) is 9.59 Å². The molecule has 16 heteroatoms. The van der Waals surface area contributed by atoms with E-state index in [-0.39, 0.29) is 49.0 Å². The molecule has 4 N–H and O–H groups in total. The fraction of sp³-hybridized carbons (Fsp3) is 0.625. The standard InChI is InChI=1S/C48H74N6O10/c1-13-31(6)42(52(9)46(58)40(29(2)3)51-45(57)41(30(4)5)53(10)48(61)64-28-34-21-23-35(49-8)24-22-34)38(62-11)27-39(55)54-25-17-20-37(54)43(63-12)32(7)44(56)50-36(47(59)60)26-33-18-15-14-16-19-33/h14-16,18-19,21-24,29-32,36-38,40-43,49H,13,17,20,25-28H2,1-12H3,(H,50,56)(H,51,57)(H,59,60)/t31-,32+,36-,37-,38+,40-,41-,42-,43+/m0/s1. The van der Waals surface area contributed by atoms with Gasteiger partial charge in [0.25, 0.3) is 0 Å². The summed E-state index contributed by atoms with van der Waals surface area (Å²) in [7, 11) is 7.96. The molecule has 0 spiro atoms. The van der Waals surface area contributed by atoms with Crippen LogP contribution in [0.1, 0.15) is 85.3 Å². The quantitative estimate of drug-likeness (QED) is 0.108. The van der Waals surface area contributed by atoms with Crippen molar-refractivity contribution in [1.82, 2.24) is 25.3 Å². The van der Waals surface area contributed by atoms with E-state index in [4.69, 9.17) is 14.2 Å². The molecule has 3 rings (SSSR count). The van der Waals surface area contributed by atoms with Gasteiger partial charge in [0.2, 0.25) is 23.6 Å². The number of nitrogens with zero attached hydrogens (tertiary/aromatic N) is 3. The van der Waals surface area contributed by atoms with Crippen molar-refractivity contribution in [3.05, 3.63) is 65.7 Å². The predicted octanol–water partition coefficient (Wildman–Crippen LogP) is 5.19. The summed E-state index contributed by atoms with van der Waals surface area (Å²) in [6.07, 6.45) is -0.210. The summed E-state index contributed by atoms with van der Waals surface area (Å²) in [6, 6.07) is 12.4. The first-order valence-corrected chi connectivity index (χ1v) is 22.5. The van der Waals surface area contributed by atoms with E-state index in [1.54, 1.807) is 35.9 Å². The highest BCUT2D eigenvalue weighted by Crippen LogP contribution is 2.30. The second-order valence-electron chi connectivity index (χ2n) is 17.7. The zero-order valence-corrected chi connectivity index (χ0v) is 40.0. The molecule has 0 unspecified atom stereocenters. The lowest BCUT2D eigenvalue weighted by atomic mass is 9.89. The fourth-order valence-corrected chi connectivity index (χ4v) is 8.68. The molecule has 0 aromatic heterocycles. The van der Waals surface area contributed by atoms with Crippen LogP contribution in [0.2, 0.25) is 0 Å². The predicted molar refractivity (Wildman–Crippen MR) is 245 cm³/mol. The molecule has 64 heavy (non-hydrogen) atoms. The van der Waals surface area contributed by atoms with E-state index in [0.29, 0.717) is 25.8 Å². The molecule has 0 bridgehead atoms. The SMILES string of the molecule is CC[C@H](C)[C@@H]([C@@H](CC(=O)N1CCC[C@H]1[C@H](OC)[C@@H](C)C(=O)N[C@@H](Cc1ccccc1)C(=O)O)OC)N(C)C(=O)[C@@H](NC(=O)[C@H](C(C)C)N(C)C(=O)OCc1ccc(NC)cc1)C(C)C. The van der Waals surface area contributed by atoms with E-state index in [1.165, 1.54) is 26.2 Å². The number of carboxylic acid groups (broad SMARTS) is 1. The molecule has 16 nitrogen and oxygen atoms in total. The molecule has 2 aromatic carbocycles. The molecule has 1 aliphatic heterocycles. The maximum Gasteiger partial charge on any atom is 0.410 e. The summed E-state index contributed by atoms with van der Waals surface area (Å²) >= 11 is 0. The Hall–Kier alpha value is -5.22. The van der Waals surface area contributed by atoms with Gasteiger partial charge < -0.3 is 45.1 Å². The van der Waals surface area contributed by atoms with E-state index in [0.717, 1.165) is 16.8 Å². The summed E-state index contributed by atoms with van der Waals surface area (Å²) in [4.78, 5) is 86.4. The zero-order valence-electron chi connectivity index (χ0n) is 40.0. The van der Waals surface area contributed by atoms with Gasteiger partial charge >= 0.3 is 12.1 Å². The maximum absolute atomic E-state index is 14.5. The number of nitrogens with one attached hydrogen (secondary N) is 3. The lowest BCUT2D eigenvalue weighted by Gasteiger charge is -2.41. The van der Waals surface area contributed by atoms with Gasteiger partial charge in [-0.05, 0) is 53.9 Å². The second-order valence-corrected chi connectivity index (χ2v) is 17.7. The molecule has 5 amide bonds. The molecule has 0 saturated carbocycles. The molecule has 0 aliphatic carbocycles. The van der Waals surface area contributed by atoms with Crippen LogP contribution in [-0.2, 0) is 51.2 Å². The van der Waals surface area contributed by atoms with Crippen molar-refractivity contribution in [2.24, 2.45) is 23.7 Å². The van der Waals surface area contributed by atoms with Crippen molar-refractivity contribution < 1.29 is 48.1 Å². The van der Waals surface area contributed by atoms with Gasteiger partial charge in [-0.15, -0.1) is 0 Å². The van der Waals surface area contributed by atoms with Crippen LogP contribution in [0.5, 0.6) is 0 Å². The highest BCUT2D eigenvalue weighted by Gasteiger charge is 2.44. The van der Waals surface area contributed by atoms with Gasteiger partial charge in [0.05, 0.1) is 36.6 Å². The Morgan fingerprint density at radius 2 is 1.47 bits per heavy atom. The summed E-state index contributed by atoms with van der Waals surface area (Å²) in [5.74, 6) is -4.34. The number of rotatable bonds is 24. The summed E-state index contributed by atoms with van der Waals surface area (Å²) < 4.78 is 17.5. The molecule has 1 heterocycles. The Kier molecular flexibility index (Phi) is 21.0. The van der Waals surface area contributed by atoms with Crippen LogP contribution in [0.15, 0.2) is 54.6 Å². The van der Waals surface area contributed by atoms with Crippen molar-refractivity contribution >= 4 is 41.4 Å². The normalized spacial score (nSPS) is 17.6. The van der Waals surface area contributed by atoms with E-state index in [2.05, 4.69) is 16.0 Å². The van der Waals surface area contributed by atoms with Gasteiger partial charge in [-0.1, -0.05) is 97.4 Å². The smallest absolute Gasteiger partial charge is 0.410 e. The van der Waals surface area contributed by atoms with E-state index >= 15 is 0 Å². The minimum absolute atomic E-state index is 0.0177. The number of anilines is 1. The maximum atomic E-state index is 14.5. The number of benzene rings is 2. The molecular weight excluding hydrogens is 821 g/mol. The highest BCUT2D eigenvalue weighted by atomic mass is 16.6. The minimum atomic E-state index is -1.16. The molecular formula is C48H74N6O10. The lowest BCUT2D eigenvalue weighted by Crippen LogP contribution is -2.60. The largest absolute Gasteiger partial charge is 0.480 e.